The van der Waals surface area contributed by atoms with Gasteiger partial charge in [-0.3, -0.25) is 4.79 Å². The molecule has 1 aliphatic heterocycles. The largest absolute Gasteiger partial charge is 0.486 e. The van der Waals surface area contributed by atoms with Crippen molar-refractivity contribution in [2.75, 3.05) is 18.5 Å². The van der Waals surface area contributed by atoms with Gasteiger partial charge in [-0.25, -0.2) is 4.98 Å². The standard InChI is InChI=1S/C17H18N2O3/c1-12-3-2-8-18-17(12)19-16(20)7-5-13-4-6-14-15(11-13)22-10-9-21-14/h2-4,6,8,11H,5,7,9-10H2,1H3,(H,18,19,20). The Balaban J connectivity index is 1.58. The lowest BCUT2D eigenvalue weighted by molar-refractivity contribution is -0.116. The number of nitrogens with zero attached hydrogens (tertiary/aromatic N) is 1. The number of nitrogens with one attached hydrogen (secondary N) is 1. The number of pyridine rings is 1. The van der Waals surface area contributed by atoms with Gasteiger partial charge >= 0.3 is 0 Å². The topological polar surface area (TPSA) is 60.5 Å². The van der Waals surface area contributed by atoms with Crippen molar-refractivity contribution < 1.29 is 14.3 Å². The summed E-state index contributed by atoms with van der Waals surface area (Å²) in [4.78, 5) is 16.2. The van der Waals surface area contributed by atoms with E-state index in [-0.39, 0.29) is 5.91 Å². The monoisotopic (exact) mass is 298 g/mol. The first-order valence-electron chi connectivity index (χ1n) is 7.32. The Morgan fingerprint density at radius 2 is 2.05 bits per heavy atom. The highest BCUT2D eigenvalue weighted by Gasteiger charge is 2.12. The molecule has 114 valence electrons. The third-order valence-electron chi connectivity index (χ3n) is 3.51. The number of aromatic nitrogens is 1. The zero-order valence-corrected chi connectivity index (χ0v) is 12.5. The van der Waals surface area contributed by atoms with Crippen LogP contribution in [0.15, 0.2) is 36.5 Å². The molecule has 1 aliphatic rings. The summed E-state index contributed by atoms with van der Waals surface area (Å²) in [6, 6.07) is 9.56. The molecule has 0 aliphatic carbocycles. The molecule has 1 aromatic heterocycles. The lowest BCUT2D eigenvalue weighted by atomic mass is 10.1. The Bertz CT molecular complexity index is 685. The number of carbonyl (C=O) groups is 1. The van der Waals surface area contributed by atoms with Crippen molar-refractivity contribution in [1.82, 2.24) is 4.98 Å². The molecule has 2 aromatic rings. The third-order valence-corrected chi connectivity index (χ3v) is 3.51. The second kappa shape index (κ2) is 6.47. The minimum Gasteiger partial charge on any atom is -0.486 e. The first-order chi connectivity index (χ1) is 10.7. The number of fused-ring (bicyclic) bond motifs is 1. The molecule has 1 N–H and O–H groups in total. The van der Waals surface area contributed by atoms with Crippen LogP contribution in [0.3, 0.4) is 0 Å². The van der Waals surface area contributed by atoms with Crippen LogP contribution in [0.2, 0.25) is 0 Å². The molecule has 0 spiro atoms. The van der Waals surface area contributed by atoms with Crippen molar-refractivity contribution in [2.24, 2.45) is 0 Å². The number of rotatable bonds is 4. The van der Waals surface area contributed by atoms with Crippen LogP contribution in [0.1, 0.15) is 17.5 Å². The van der Waals surface area contributed by atoms with Gasteiger partial charge in [0.05, 0.1) is 0 Å². The summed E-state index contributed by atoms with van der Waals surface area (Å²) < 4.78 is 11.0. The van der Waals surface area contributed by atoms with Crippen LogP contribution in [0.4, 0.5) is 5.82 Å². The Morgan fingerprint density at radius 1 is 1.23 bits per heavy atom. The minimum absolute atomic E-state index is 0.0447. The summed E-state index contributed by atoms with van der Waals surface area (Å²) in [6.45, 7) is 3.07. The van der Waals surface area contributed by atoms with Crippen LogP contribution in [0, 0.1) is 6.92 Å². The van der Waals surface area contributed by atoms with E-state index in [1.54, 1.807) is 6.20 Å². The highest BCUT2D eigenvalue weighted by atomic mass is 16.6. The SMILES string of the molecule is Cc1cccnc1NC(=O)CCc1ccc2c(c1)OCCO2. The van der Waals surface area contributed by atoms with Gasteiger partial charge in [0.25, 0.3) is 0 Å². The highest BCUT2D eigenvalue weighted by Crippen LogP contribution is 2.31. The van der Waals surface area contributed by atoms with E-state index < -0.39 is 0 Å². The van der Waals surface area contributed by atoms with Crippen molar-refractivity contribution in [3.63, 3.8) is 0 Å². The van der Waals surface area contributed by atoms with Crippen LogP contribution < -0.4 is 14.8 Å². The summed E-state index contributed by atoms with van der Waals surface area (Å²) >= 11 is 0. The summed E-state index contributed by atoms with van der Waals surface area (Å²) in [5.41, 5.74) is 2.01. The Morgan fingerprint density at radius 3 is 2.86 bits per heavy atom. The highest BCUT2D eigenvalue weighted by molar-refractivity contribution is 5.90. The normalized spacial score (nSPS) is 12.8. The fourth-order valence-corrected chi connectivity index (χ4v) is 2.31. The summed E-state index contributed by atoms with van der Waals surface area (Å²) in [7, 11) is 0. The van der Waals surface area contributed by atoms with Crippen molar-refractivity contribution in [2.45, 2.75) is 19.8 Å². The number of hydrogen-bond donors (Lipinski definition) is 1. The van der Waals surface area contributed by atoms with E-state index in [0.717, 1.165) is 22.6 Å². The lowest BCUT2D eigenvalue weighted by Crippen LogP contribution is -2.16. The van der Waals surface area contributed by atoms with E-state index in [4.69, 9.17) is 9.47 Å². The average molecular weight is 298 g/mol. The molecular weight excluding hydrogens is 280 g/mol. The second-order valence-corrected chi connectivity index (χ2v) is 5.20. The van der Waals surface area contributed by atoms with Crippen LogP contribution >= 0.6 is 0 Å². The summed E-state index contributed by atoms with van der Waals surface area (Å²) in [5, 5.41) is 2.84. The van der Waals surface area contributed by atoms with Gasteiger partial charge in [0.2, 0.25) is 5.91 Å². The molecule has 22 heavy (non-hydrogen) atoms. The molecule has 3 rings (SSSR count). The van der Waals surface area contributed by atoms with E-state index in [1.807, 2.05) is 37.3 Å². The van der Waals surface area contributed by atoms with Crippen molar-refractivity contribution >= 4 is 11.7 Å². The molecule has 0 radical (unpaired) electrons. The molecule has 0 atom stereocenters. The molecule has 2 heterocycles. The maximum Gasteiger partial charge on any atom is 0.225 e. The fourth-order valence-electron chi connectivity index (χ4n) is 2.31. The number of hydrogen-bond acceptors (Lipinski definition) is 4. The third kappa shape index (κ3) is 3.36. The zero-order chi connectivity index (χ0) is 15.4. The van der Waals surface area contributed by atoms with Crippen LogP contribution in [0.5, 0.6) is 11.5 Å². The number of amides is 1. The maximum absolute atomic E-state index is 12.0. The van der Waals surface area contributed by atoms with Crippen LogP contribution in [0.25, 0.3) is 0 Å². The van der Waals surface area contributed by atoms with Crippen LogP contribution in [-0.4, -0.2) is 24.1 Å². The number of aryl methyl sites for hydroxylation is 2. The molecule has 0 saturated carbocycles. The molecule has 5 nitrogen and oxygen atoms in total. The van der Waals surface area contributed by atoms with E-state index in [0.29, 0.717) is 31.9 Å². The van der Waals surface area contributed by atoms with Gasteiger partial charge in [-0.05, 0) is 42.7 Å². The zero-order valence-electron chi connectivity index (χ0n) is 12.5. The second-order valence-electron chi connectivity index (χ2n) is 5.20. The Kier molecular flexibility index (Phi) is 4.23. The molecule has 1 aromatic carbocycles. The number of ether oxygens (including phenoxy) is 2. The molecule has 0 unspecified atom stereocenters. The van der Waals surface area contributed by atoms with Gasteiger partial charge in [0.15, 0.2) is 11.5 Å². The van der Waals surface area contributed by atoms with E-state index in [9.17, 15) is 4.79 Å². The van der Waals surface area contributed by atoms with Crippen molar-refractivity contribution in [3.05, 3.63) is 47.7 Å². The van der Waals surface area contributed by atoms with Gasteiger partial charge in [0.1, 0.15) is 19.0 Å². The maximum atomic E-state index is 12.0. The van der Waals surface area contributed by atoms with Gasteiger partial charge in [-0.2, -0.15) is 0 Å². The molecule has 0 bridgehead atoms. The number of anilines is 1. The van der Waals surface area contributed by atoms with E-state index >= 15 is 0 Å². The van der Waals surface area contributed by atoms with Gasteiger partial charge in [-0.15, -0.1) is 0 Å². The van der Waals surface area contributed by atoms with Gasteiger partial charge in [-0.1, -0.05) is 12.1 Å². The first kappa shape index (κ1) is 14.4. The first-order valence-corrected chi connectivity index (χ1v) is 7.32. The summed E-state index contributed by atoms with van der Waals surface area (Å²) in [5.74, 6) is 2.10. The van der Waals surface area contributed by atoms with Crippen molar-refractivity contribution in [3.8, 4) is 11.5 Å². The molecule has 5 heteroatoms. The predicted molar refractivity (Wildman–Crippen MR) is 83.4 cm³/mol. The van der Waals surface area contributed by atoms with Crippen LogP contribution in [-0.2, 0) is 11.2 Å². The predicted octanol–water partition coefficient (Wildman–Crippen LogP) is 2.73. The summed E-state index contributed by atoms with van der Waals surface area (Å²) in [6.07, 6.45) is 2.72. The van der Waals surface area contributed by atoms with Gasteiger partial charge in [0, 0.05) is 12.6 Å². The smallest absolute Gasteiger partial charge is 0.225 e. The minimum atomic E-state index is -0.0447. The Labute approximate surface area is 129 Å². The molecule has 1 amide bonds. The molecular formula is C17H18N2O3. The van der Waals surface area contributed by atoms with Crippen molar-refractivity contribution in [1.29, 1.82) is 0 Å². The average Bonchev–Trinajstić information content (AvgIpc) is 2.55. The molecule has 0 fully saturated rings. The fraction of sp³-hybridized carbons (Fsp3) is 0.294. The lowest BCUT2D eigenvalue weighted by Gasteiger charge is -2.18. The quantitative estimate of drug-likeness (QED) is 0.943. The number of benzene rings is 1. The van der Waals surface area contributed by atoms with E-state index in [1.165, 1.54) is 0 Å². The molecule has 0 saturated heterocycles. The number of carbonyl (C=O) groups excluding carboxylic acids is 1. The van der Waals surface area contributed by atoms with E-state index in [2.05, 4.69) is 10.3 Å². The Hall–Kier alpha value is -2.56. The van der Waals surface area contributed by atoms with Gasteiger partial charge < -0.3 is 14.8 Å².